The molecule has 0 aliphatic carbocycles. The lowest BCUT2D eigenvalue weighted by Crippen LogP contribution is -2.24. The Morgan fingerprint density at radius 2 is 1.72 bits per heavy atom. The van der Waals surface area contributed by atoms with Crippen LogP contribution >= 0.6 is 0 Å². The molecule has 0 radical (unpaired) electrons. The average molecular weight is 246 g/mol. The van der Waals surface area contributed by atoms with Gasteiger partial charge in [0.15, 0.2) is 5.82 Å². The molecule has 2 aromatic rings. The molecule has 1 aromatic carbocycles. The van der Waals surface area contributed by atoms with Crippen LogP contribution in [0.1, 0.15) is 37.7 Å². The number of hydrogen-bond acceptors (Lipinski definition) is 4. The van der Waals surface area contributed by atoms with E-state index in [9.17, 15) is 0 Å². The van der Waals surface area contributed by atoms with E-state index >= 15 is 0 Å². The molecule has 1 heterocycles. The molecule has 0 fully saturated rings. The summed E-state index contributed by atoms with van der Waals surface area (Å²) in [6.45, 7) is 6.18. The fourth-order valence-electron chi connectivity index (χ4n) is 1.54. The Morgan fingerprint density at radius 1 is 1.11 bits per heavy atom. The van der Waals surface area contributed by atoms with Crippen LogP contribution in [0, 0.1) is 0 Å². The molecule has 0 saturated carbocycles. The van der Waals surface area contributed by atoms with Gasteiger partial charge in [-0.15, -0.1) is 10.2 Å². The van der Waals surface area contributed by atoms with Gasteiger partial charge >= 0.3 is 0 Å². The highest BCUT2D eigenvalue weighted by Gasteiger charge is 2.16. The van der Waals surface area contributed by atoms with Gasteiger partial charge in [-0.1, -0.05) is 24.3 Å². The summed E-state index contributed by atoms with van der Waals surface area (Å²) in [5.41, 5.74) is 1.87. The van der Waals surface area contributed by atoms with Crippen LogP contribution in [0.25, 0.3) is 0 Å². The molecule has 0 unspecified atom stereocenters. The number of aromatic nitrogens is 4. The fourth-order valence-corrected chi connectivity index (χ4v) is 1.54. The Balaban J connectivity index is 2.11. The molecule has 0 bridgehead atoms. The van der Waals surface area contributed by atoms with Gasteiger partial charge in [-0.2, -0.15) is 4.80 Å². The van der Waals surface area contributed by atoms with E-state index in [0.717, 1.165) is 11.1 Å². The molecule has 2 rings (SSSR count). The highest BCUT2D eigenvalue weighted by atomic mass is 16.3. The highest BCUT2D eigenvalue weighted by molar-refractivity contribution is 5.24. The van der Waals surface area contributed by atoms with Gasteiger partial charge in [-0.05, 0) is 37.1 Å². The Hall–Kier alpha value is -1.75. The van der Waals surface area contributed by atoms with Crippen molar-refractivity contribution in [3.8, 4) is 0 Å². The third-order valence-corrected chi connectivity index (χ3v) is 2.62. The van der Waals surface area contributed by atoms with Gasteiger partial charge in [-0.25, -0.2) is 0 Å². The summed E-state index contributed by atoms with van der Waals surface area (Å²) < 4.78 is 0. The Bertz CT molecular complexity index is 511. The number of hydrogen-bond donors (Lipinski definition) is 1. The molecule has 18 heavy (non-hydrogen) atoms. The summed E-state index contributed by atoms with van der Waals surface area (Å²) >= 11 is 0. The lowest BCUT2D eigenvalue weighted by molar-refractivity contribution is 0.282. The molecule has 0 aliphatic rings. The molecule has 0 amide bonds. The van der Waals surface area contributed by atoms with Crippen molar-refractivity contribution in [1.29, 1.82) is 0 Å². The minimum Gasteiger partial charge on any atom is -0.392 e. The summed E-state index contributed by atoms with van der Waals surface area (Å²) in [6.07, 6.45) is 0.655. The van der Waals surface area contributed by atoms with Gasteiger partial charge in [0.2, 0.25) is 0 Å². The summed E-state index contributed by atoms with van der Waals surface area (Å²) in [7, 11) is 0. The monoisotopic (exact) mass is 246 g/mol. The number of tetrazole rings is 1. The Labute approximate surface area is 106 Å². The van der Waals surface area contributed by atoms with Crippen LogP contribution in [-0.4, -0.2) is 25.3 Å². The molecule has 5 heteroatoms. The molecule has 5 nitrogen and oxygen atoms in total. The van der Waals surface area contributed by atoms with Crippen molar-refractivity contribution in [1.82, 2.24) is 20.2 Å². The first kappa shape index (κ1) is 12.7. The van der Waals surface area contributed by atoms with Gasteiger partial charge in [0, 0.05) is 6.42 Å². The van der Waals surface area contributed by atoms with E-state index in [2.05, 4.69) is 15.4 Å². The van der Waals surface area contributed by atoms with Crippen molar-refractivity contribution in [2.45, 2.75) is 39.3 Å². The zero-order chi connectivity index (χ0) is 13.2. The molecule has 96 valence electrons. The van der Waals surface area contributed by atoms with Crippen molar-refractivity contribution in [3.63, 3.8) is 0 Å². The molecule has 0 saturated heterocycles. The molecule has 1 N–H and O–H groups in total. The van der Waals surface area contributed by atoms with E-state index in [0.29, 0.717) is 12.2 Å². The van der Waals surface area contributed by atoms with E-state index in [-0.39, 0.29) is 12.1 Å². The normalized spacial score (nSPS) is 11.8. The number of rotatable bonds is 3. The van der Waals surface area contributed by atoms with Crippen LogP contribution in [-0.2, 0) is 18.6 Å². The average Bonchev–Trinajstić information content (AvgIpc) is 2.78. The zero-order valence-electron chi connectivity index (χ0n) is 11.0. The minimum absolute atomic E-state index is 0.0682. The second kappa shape index (κ2) is 4.86. The summed E-state index contributed by atoms with van der Waals surface area (Å²) in [4.78, 5) is 1.63. The molecule has 0 spiro atoms. The van der Waals surface area contributed by atoms with E-state index in [1.54, 1.807) is 4.80 Å². The van der Waals surface area contributed by atoms with Crippen molar-refractivity contribution >= 4 is 0 Å². The lowest BCUT2D eigenvalue weighted by atomic mass is 10.1. The van der Waals surface area contributed by atoms with E-state index < -0.39 is 0 Å². The van der Waals surface area contributed by atoms with Crippen molar-refractivity contribution in [2.75, 3.05) is 0 Å². The molecule has 1 aromatic heterocycles. The predicted molar refractivity (Wildman–Crippen MR) is 68.0 cm³/mol. The molecular weight excluding hydrogens is 228 g/mol. The Morgan fingerprint density at radius 3 is 2.22 bits per heavy atom. The maximum atomic E-state index is 8.97. The number of aliphatic hydroxyl groups excluding tert-OH is 1. The third-order valence-electron chi connectivity index (χ3n) is 2.62. The van der Waals surface area contributed by atoms with Crippen molar-refractivity contribution < 1.29 is 5.11 Å². The van der Waals surface area contributed by atoms with Crippen LogP contribution in [0.5, 0.6) is 0 Å². The third kappa shape index (κ3) is 2.92. The maximum Gasteiger partial charge on any atom is 0.179 e. The first-order valence-corrected chi connectivity index (χ1v) is 5.97. The SMILES string of the molecule is CC(C)(C)n1nnc(Cc2ccc(CO)cc2)n1. The lowest BCUT2D eigenvalue weighted by Gasteiger charge is -2.15. The van der Waals surface area contributed by atoms with Crippen molar-refractivity contribution in [2.24, 2.45) is 0 Å². The molecular formula is C13H18N4O. The smallest absolute Gasteiger partial charge is 0.179 e. The van der Waals surface area contributed by atoms with Gasteiger partial charge < -0.3 is 5.11 Å². The van der Waals surface area contributed by atoms with Crippen LogP contribution in [0.2, 0.25) is 0 Å². The summed E-state index contributed by atoms with van der Waals surface area (Å²) in [6, 6.07) is 7.76. The van der Waals surface area contributed by atoms with Crippen molar-refractivity contribution in [3.05, 3.63) is 41.2 Å². The van der Waals surface area contributed by atoms with Crippen LogP contribution in [0.4, 0.5) is 0 Å². The summed E-state index contributed by atoms with van der Waals surface area (Å²) in [5.74, 6) is 0.710. The van der Waals surface area contributed by atoms with E-state index in [1.165, 1.54) is 0 Å². The summed E-state index contributed by atoms with van der Waals surface area (Å²) in [5, 5.41) is 21.4. The van der Waals surface area contributed by atoms with Gasteiger partial charge in [0.1, 0.15) is 0 Å². The Kier molecular flexibility index (Phi) is 3.43. The maximum absolute atomic E-state index is 8.97. The first-order chi connectivity index (χ1) is 8.49. The van der Waals surface area contributed by atoms with Gasteiger partial charge in [-0.3, -0.25) is 0 Å². The molecule has 0 aliphatic heterocycles. The topological polar surface area (TPSA) is 63.8 Å². The first-order valence-electron chi connectivity index (χ1n) is 5.97. The van der Waals surface area contributed by atoms with Crippen LogP contribution in [0.3, 0.4) is 0 Å². The second-order valence-corrected chi connectivity index (χ2v) is 5.32. The van der Waals surface area contributed by atoms with Gasteiger partial charge in [0.25, 0.3) is 0 Å². The van der Waals surface area contributed by atoms with Gasteiger partial charge in [0.05, 0.1) is 12.1 Å². The minimum atomic E-state index is -0.147. The standard InChI is InChI=1S/C13H18N4O/c1-13(2,3)17-15-12(14-16-17)8-10-4-6-11(9-18)7-5-10/h4-7,18H,8-9H2,1-3H3. The van der Waals surface area contributed by atoms with Crippen LogP contribution in [0.15, 0.2) is 24.3 Å². The molecule has 0 atom stereocenters. The fraction of sp³-hybridized carbons (Fsp3) is 0.462. The predicted octanol–water partition coefficient (Wildman–Crippen LogP) is 1.51. The van der Waals surface area contributed by atoms with Crippen LogP contribution < -0.4 is 0 Å². The number of benzene rings is 1. The second-order valence-electron chi connectivity index (χ2n) is 5.32. The number of aliphatic hydroxyl groups is 1. The highest BCUT2D eigenvalue weighted by Crippen LogP contribution is 2.11. The zero-order valence-corrected chi connectivity index (χ0v) is 11.0. The number of nitrogens with zero attached hydrogens (tertiary/aromatic N) is 4. The van der Waals surface area contributed by atoms with E-state index in [4.69, 9.17) is 5.11 Å². The van der Waals surface area contributed by atoms with E-state index in [1.807, 2.05) is 45.0 Å². The quantitative estimate of drug-likeness (QED) is 0.891. The largest absolute Gasteiger partial charge is 0.392 e.